The van der Waals surface area contributed by atoms with Crippen LogP contribution in [0.4, 0.5) is 0 Å². The van der Waals surface area contributed by atoms with Crippen molar-refractivity contribution in [3.8, 4) is 0 Å². The summed E-state index contributed by atoms with van der Waals surface area (Å²) in [7, 11) is -1.82. The largest absolute Gasteiger partial charge is 0.352 e. The van der Waals surface area contributed by atoms with E-state index in [2.05, 4.69) is 27.0 Å². The SMILES string of the molecule is CN=C(NCc1ccc(S(N)(=O)=O)cc1)N1CCSC2(CCCCC2)C1.I. The molecule has 0 unspecified atom stereocenters. The fourth-order valence-corrected chi connectivity index (χ4v) is 5.92. The summed E-state index contributed by atoms with van der Waals surface area (Å²) in [4.78, 5) is 6.98. The number of aliphatic imine (C=N–C) groups is 1. The quantitative estimate of drug-likeness (QED) is 0.361. The number of rotatable bonds is 3. The molecule has 6 nitrogen and oxygen atoms in total. The zero-order valence-corrected chi connectivity index (χ0v) is 19.6. The first kappa shape index (κ1) is 22.8. The van der Waals surface area contributed by atoms with Gasteiger partial charge in [-0.15, -0.1) is 24.0 Å². The molecule has 1 aliphatic carbocycles. The number of sulfonamides is 1. The number of hydrogen-bond donors (Lipinski definition) is 2. The van der Waals surface area contributed by atoms with Gasteiger partial charge in [-0.25, -0.2) is 13.6 Å². The maximum atomic E-state index is 11.3. The second-order valence-corrected chi connectivity index (χ2v) is 10.2. The van der Waals surface area contributed by atoms with Gasteiger partial charge in [0, 0.05) is 37.2 Å². The highest BCUT2D eigenvalue weighted by atomic mass is 127. The lowest BCUT2D eigenvalue weighted by Gasteiger charge is -2.45. The Hall–Kier alpha value is -0.520. The maximum Gasteiger partial charge on any atom is 0.238 e. The first-order valence-corrected chi connectivity index (χ1v) is 11.7. The van der Waals surface area contributed by atoms with E-state index in [1.165, 1.54) is 32.1 Å². The van der Waals surface area contributed by atoms with Crippen LogP contribution in [0, 0.1) is 0 Å². The smallest absolute Gasteiger partial charge is 0.238 e. The lowest BCUT2D eigenvalue weighted by Crippen LogP contribution is -2.53. The highest BCUT2D eigenvalue weighted by molar-refractivity contribution is 14.0. The predicted molar refractivity (Wildman–Crippen MR) is 123 cm³/mol. The normalized spacial score (nSPS) is 20.2. The molecule has 2 aliphatic rings. The summed E-state index contributed by atoms with van der Waals surface area (Å²) in [6.45, 7) is 2.67. The van der Waals surface area contributed by atoms with Crippen molar-refractivity contribution in [3.63, 3.8) is 0 Å². The van der Waals surface area contributed by atoms with Crippen LogP contribution < -0.4 is 10.5 Å². The van der Waals surface area contributed by atoms with E-state index in [4.69, 9.17) is 5.14 Å². The van der Waals surface area contributed by atoms with Gasteiger partial charge in [-0.3, -0.25) is 4.99 Å². The van der Waals surface area contributed by atoms with E-state index in [-0.39, 0.29) is 28.9 Å². The van der Waals surface area contributed by atoms with Gasteiger partial charge in [0.2, 0.25) is 10.0 Å². The van der Waals surface area contributed by atoms with Gasteiger partial charge in [0.25, 0.3) is 0 Å². The van der Waals surface area contributed by atoms with Crippen molar-refractivity contribution in [3.05, 3.63) is 29.8 Å². The van der Waals surface area contributed by atoms with Crippen LogP contribution in [-0.4, -0.2) is 49.9 Å². The minimum Gasteiger partial charge on any atom is -0.352 e. The molecule has 27 heavy (non-hydrogen) atoms. The molecular formula is C18H29IN4O2S2. The lowest BCUT2D eigenvalue weighted by molar-refractivity contribution is 0.293. The van der Waals surface area contributed by atoms with E-state index in [0.29, 0.717) is 11.3 Å². The molecule has 1 aromatic rings. The Bertz CT molecular complexity index is 742. The van der Waals surface area contributed by atoms with Crippen LogP contribution >= 0.6 is 35.7 Å². The Kier molecular flexibility index (Phi) is 8.26. The molecule has 152 valence electrons. The fraction of sp³-hybridized carbons (Fsp3) is 0.611. The summed E-state index contributed by atoms with van der Waals surface area (Å²) in [6, 6.07) is 6.66. The monoisotopic (exact) mass is 524 g/mol. The van der Waals surface area contributed by atoms with Gasteiger partial charge < -0.3 is 10.2 Å². The third-order valence-corrected chi connectivity index (χ3v) is 7.69. The number of nitrogens with zero attached hydrogens (tertiary/aromatic N) is 2. The van der Waals surface area contributed by atoms with Gasteiger partial charge in [0.15, 0.2) is 5.96 Å². The van der Waals surface area contributed by atoms with Gasteiger partial charge in [-0.05, 0) is 30.5 Å². The Balaban J connectivity index is 0.00000261. The molecule has 0 aromatic heterocycles. The summed E-state index contributed by atoms with van der Waals surface area (Å²) in [5.74, 6) is 2.06. The van der Waals surface area contributed by atoms with Crippen molar-refractivity contribution < 1.29 is 8.42 Å². The highest BCUT2D eigenvalue weighted by Crippen LogP contribution is 2.42. The van der Waals surface area contributed by atoms with E-state index >= 15 is 0 Å². The van der Waals surface area contributed by atoms with Crippen molar-refractivity contribution in [1.29, 1.82) is 0 Å². The Morgan fingerprint density at radius 3 is 2.52 bits per heavy atom. The summed E-state index contributed by atoms with van der Waals surface area (Å²) >= 11 is 2.14. The van der Waals surface area contributed by atoms with Gasteiger partial charge in [0.1, 0.15) is 0 Å². The summed E-state index contributed by atoms with van der Waals surface area (Å²) in [5, 5.41) is 8.57. The lowest BCUT2D eigenvalue weighted by atomic mass is 9.87. The third kappa shape index (κ3) is 5.98. The van der Waals surface area contributed by atoms with E-state index in [1.54, 1.807) is 24.3 Å². The van der Waals surface area contributed by atoms with Gasteiger partial charge in [-0.2, -0.15) is 11.8 Å². The average molecular weight is 524 g/mol. The van der Waals surface area contributed by atoms with E-state index in [9.17, 15) is 8.42 Å². The van der Waals surface area contributed by atoms with Crippen LogP contribution in [0.1, 0.15) is 37.7 Å². The minimum atomic E-state index is -3.64. The second kappa shape index (κ2) is 9.80. The molecule has 0 amide bonds. The molecule has 1 saturated carbocycles. The molecule has 1 heterocycles. The maximum absolute atomic E-state index is 11.3. The Morgan fingerprint density at radius 1 is 1.26 bits per heavy atom. The molecule has 0 bridgehead atoms. The van der Waals surface area contributed by atoms with E-state index in [1.807, 2.05) is 7.05 Å². The van der Waals surface area contributed by atoms with E-state index in [0.717, 1.165) is 30.4 Å². The van der Waals surface area contributed by atoms with Gasteiger partial charge >= 0.3 is 0 Å². The number of thioether (sulfide) groups is 1. The summed E-state index contributed by atoms with van der Waals surface area (Å²) in [5.41, 5.74) is 0.998. The van der Waals surface area contributed by atoms with Crippen molar-refractivity contribution in [2.75, 3.05) is 25.9 Å². The molecule has 2 fully saturated rings. The van der Waals surface area contributed by atoms with Crippen LogP contribution in [0.3, 0.4) is 0 Å². The first-order chi connectivity index (χ1) is 12.4. The molecule has 1 aliphatic heterocycles. The highest BCUT2D eigenvalue weighted by Gasteiger charge is 2.38. The summed E-state index contributed by atoms with van der Waals surface area (Å²) < 4.78 is 23.1. The number of nitrogens with two attached hydrogens (primary N) is 1. The number of hydrogen-bond acceptors (Lipinski definition) is 4. The van der Waals surface area contributed by atoms with Crippen molar-refractivity contribution in [2.24, 2.45) is 10.1 Å². The number of guanidine groups is 1. The topological polar surface area (TPSA) is 87.8 Å². The molecule has 1 saturated heterocycles. The molecule has 0 radical (unpaired) electrons. The van der Waals surface area contributed by atoms with Crippen LogP contribution in [0.25, 0.3) is 0 Å². The fourth-order valence-electron chi connectivity index (χ4n) is 3.83. The van der Waals surface area contributed by atoms with Crippen LogP contribution in [0.2, 0.25) is 0 Å². The zero-order valence-electron chi connectivity index (χ0n) is 15.7. The number of nitrogens with one attached hydrogen (secondary N) is 1. The molecule has 3 N–H and O–H groups in total. The van der Waals surface area contributed by atoms with Crippen molar-refractivity contribution in [2.45, 2.75) is 48.3 Å². The van der Waals surface area contributed by atoms with Crippen molar-refractivity contribution in [1.82, 2.24) is 10.2 Å². The predicted octanol–water partition coefficient (Wildman–Crippen LogP) is 2.78. The van der Waals surface area contributed by atoms with E-state index < -0.39 is 10.0 Å². The number of halogens is 1. The average Bonchev–Trinajstić information content (AvgIpc) is 2.63. The molecule has 1 aromatic carbocycles. The molecule has 0 atom stereocenters. The molecular weight excluding hydrogens is 495 g/mol. The second-order valence-electron chi connectivity index (χ2n) is 7.10. The minimum absolute atomic E-state index is 0. The third-order valence-electron chi connectivity index (χ3n) is 5.23. The molecule has 1 spiro atoms. The van der Waals surface area contributed by atoms with Gasteiger partial charge in [0.05, 0.1) is 4.90 Å². The van der Waals surface area contributed by atoms with Crippen LogP contribution in [0.15, 0.2) is 34.2 Å². The first-order valence-electron chi connectivity index (χ1n) is 9.13. The zero-order chi connectivity index (χ0) is 18.6. The Morgan fingerprint density at radius 2 is 1.93 bits per heavy atom. The van der Waals surface area contributed by atoms with Gasteiger partial charge in [-0.1, -0.05) is 31.4 Å². The van der Waals surface area contributed by atoms with Crippen molar-refractivity contribution >= 4 is 51.7 Å². The standard InChI is InChI=1S/C18H28N4O2S2.HI/c1-20-17(21-13-15-5-7-16(8-6-15)26(19,23)24)22-11-12-25-18(14-22)9-3-2-4-10-18;/h5-8H,2-4,9-14H2,1H3,(H,20,21)(H2,19,23,24);1H. The van der Waals surface area contributed by atoms with Crippen LogP contribution in [-0.2, 0) is 16.6 Å². The Labute approximate surface area is 183 Å². The molecule has 9 heteroatoms. The number of benzene rings is 1. The summed E-state index contributed by atoms with van der Waals surface area (Å²) in [6.07, 6.45) is 6.65. The number of primary sulfonamides is 1. The molecule has 3 rings (SSSR count). The van der Waals surface area contributed by atoms with Crippen LogP contribution in [0.5, 0.6) is 0 Å².